The van der Waals surface area contributed by atoms with E-state index < -0.39 is 0 Å². The first kappa shape index (κ1) is 21.2. The first-order valence-electron chi connectivity index (χ1n) is 10.8. The number of hydrogen-bond acceptors (Lipinski definition) is 5. The van der Waals surface area contributed by atoms with Crippen molar-refractivity contribution in [3.63, 3.8) is 0 Å². The molecule has 1 atom stereocenters. The molecule has 6 heteroatoms. The zero-order valence-electron chi connectivity index (χ0n) is 18.6. The monoisotopic (exact) mass is 454 g/mol. The molecule has 3 heterocycles. The maximum atomic E-state index is 6.12. The third-order valence-electron chi connectivity index (χ3n) is 5.69. The maximum absolute atomic E-state index is 6.12. The smallest absolute Gasteiger partial charge is 0.134 e. The summed E-state index contributed by atoms with van der Waals surface area (Å²) in [4.78, 5) is 13.5. The van der Waals surface area contributed by atoms with E-state index in [2.05, 4.69) is 51.5 Å². The molecule has 0 bridgehead atoms. The lowest BCUT2D eigenvalue weighted by Crippen LogP contribution is -2.09. The summed E-state index contributed by atoms with van der Waals surface area (Å²) in [5.41, 5.74) is 7.09. The number of rotatable bonds is 5. The van der Waals surface area contributed by atoms with Crippen LogP contribution in [-0.4, -0.2) is 15.0 Å². The average molecular weight is 455 g/mol. The fraction of sp³-hybridized carbons (Fsp3) is 0.148. The highest BCUT2D eigenvalue weighted by Crippen LogP contribution is 2.29. The number of pyridine rings is 1. The summed E-state index contributed by atoms with van der Waals surface area (Å²) in [5, 5.41) is 5.25. The van der Waals surface area contributed by atoms with Gasteiger partial charge < -0.3 is 9.73 Å². The highest BCUT2D eigenvalue weighted by atomic mass is 35.5. The summed E-state index contributed by atoms with van der Waals surface area (Å²) < 4.78 is 5.58. The molecule has 33 heavy (non-hydrogen) atoms. The van der Waals surface area contributed by atoms with Gasteiger partial charge in [-0.15, -0.1) is 0 Å². The predicted molar refractivity (Wildman–Crippen MR) is 133 cm³/mol. The normalized spacial score (nSPS) is 12.1. The zero-order chi connectivity index (χ0) is 22.9. The number of nitrogens with zero attached hydrogens (tertiary/aromatic N) is 3. The molecule has 0 amide bonds. The Morgan fingerprint density at radius 1 is 0.909 bits per heavy atom. The van der Waals surface area contributed by atoms with Crippen LogP contribution < -0.4 is 5.32 Å². The minimum atomic E-state index is 0.0397. The van der Waals surface area contributed by atoms with Crippen LogP contribution in [0.4, 0.5) is 5.82 Å². The molecule has 0 saturated carbocycles. The second-order valence-electron chi connectivity index (χ2n) is 8.20. The van der Waals surface area contributed by atoms with E-state index in [1.165, 1.54) is 0 Å². The maximum Gasteiger partial charge on any atom is 0.134 e. The van der Waals surface area contributed by atoms with E-state index in [1.807, 2.05) is 50.4 Å². The van der Waals surface area contributed by atoms with Crippen molar-refractivity contribution in [2.75, 3.05) is 5.32 Å². The van der Waals surface area contributed by atoms with Gasteiger partial charge in [-0.1, -0.05) is 29.8 Å². The summed E-state index contributed by atoms with van der Waals surface area (Å²) in [6.45, 7) is 6.07. The van der Waals surface area contributed by atoms with Gasteiger partial charge in [0.1, 0.15) is 17.2 Å². The summed E-state index contributed by atoms with van der Waals surface area (Å²) in [6.07, 6.45) is 5.24. The number of halogens is 1. The summed E-state index contributed by atoms with van der Waals surface area (Å²) in [6, 6.07) is 18.4. The number of furan rings is 1. The van der Waals surface area contributed by atoms with E-state index in [4.69, 9.17) is 16.0 Å². The van der Waals surface area contributed by atoms with E-state index in [9.17, 15) is 0 Å². The number of hydrogen-bond donors (Lipinski definition) is 1. The molecule has 5 rings (SSSR count). The van der Waals surface area contributed by atoms with E-state index in [0.717, 1.165) is 50.3 Å². The lowest BCUT2D eigenvalue weighted by Gasteiger charge is -2.17. The zero-order valence-corrected chi connectivity index (χ0v) is 19.4. The molecular weight excluding hydrogens is 432 g/mol. The van der Waals surface area contributed by atoms with Crippen molar-refractivity contribution in [1.29, 1.82) is 0 Å². The molecule has 164 valence electrons. The van der Waals surface area contributed by atoms with Gasteiger partial charge >= 0.3 is 0 Å². The van der Waals surface area contributed by atoms with Crippen molar-refractivity contribution >= 4 is 28.4 Å². The first-order valence-corrected chi connectivity index (χ1v) is 11.2. The molecule has 1 N–H and O–H groups in total. The molecule has 0 aliphatic heterocycles. The average Bonchev–Trinajstić information content (AvgIpc) is 3.19. The van der Waals surface area contributed by atoms with Gasteiger partial charge in [0.2, 0.25) is 0 Å². The molecule has 0 saturated heterocycles. The molecule has 0 aliphatic rings. The van der Waals surface area contributed by atoms with Crippen molar-refractivity contribution in [2.24, 2.45) is 0 Å². The largest absolute Gasteiger partial charge is 0.464 e. The van der Waals surface area contributed by atoms with Gasteiger partial charge in [0.15, 0.2) is 0 Å². The van der Waals surface area contributed by atoms with Crippen LogP contribution in [0.15, 0.2) is 77.7 Å². The number of aromatic nitrogens is 3. The Labute approximate surface area is 197 Å². The van der Waals surface area contributed by atoms with Crippen molar-refractivity contribution in [3.05, 3.63) is 95.2 Å². The lowest BCUT2D eigenvalue weighted by atomic mass is 10.0. The standard InChI is InChI=1S/C27H23ClN4O/c1-16-15-33-26-8-7-21(11-24(16)26)25-12-27(32-18(3)31-25)30-17(2)19-5-4-6-20(9-19)22-10-23(28)14-29-13-22/h4-15,17H,1-3H3,(H,30,31,32). The van der Waals surface area contributed by atoms with E-state index in [0.29, 0.717) is 10.8 Å². The topological polar surface area (TPSA) is 63.8 Å². The van der Waals surface area contributed by atoms with Crippen molar-refractivity contribution in [1.82, 2.24) is 15.0 Å². The minimum Gasteiger partial charge on any atom is -0.464 e. The summed E-state index contributed by atoms with van der Waals surface area (Å²) >= 11 is 6.12. The van der Waals surface area contributed by atoms with E-state index in [1.54, 1.807) is 12.5 Å². The molecule has 5 aromatic rings. The van der Waals surface area contributed by atoms with Crippen LogP contribution in [0.5, 0.6) is 0 Å². The van der Waals surface area contributed by atoms with Gasteiger partial charge in [-0.2, -0.15) is 0 Å². The fourth-order valence-corrected chi connectivity index (χ4v) is 4.14. The second-order valence-corrected chi connectivity index (χ2v) is 8.64. The molecule has 5 nitrogen and oxygen atoms in total. The Morgan fingerprint density at radius 3 is 2.64 bits per heavy atom. The Morgan fingerprint density at radius 2 is 1.79 bits per heavy atom. The quantitative estimate of drug-likeness (QED) is 0.300. The number of anilines is 1. The number of aryl methyl sites for hydroxylation is 2. The highest BCUT2D eigenvalue weighted by molar-refractivity contribution is 6.30. The van der Waals surface area contributed by atoms with Crippen LogP contribution >= 0.6 is 11.6 Å². The molecule has 0 radical (unpaired) electrons. The first-order chi connectivity index (χ1) is 16.0. The minimum absolute atomic E-state index is 0.0397. The van der Waals surface area contributed by atoms with Crippen LogP contribution in [0.3, 0.4) is 0 Å². The van der Waals surface area contributed by atoms with Crippen LogP contribution in [-0.2, 0) is 0 Å². The molecule has 2 aromatic carbocycles. The predicted octanol–water partition coefficient (Wildman–Crippen LogP) is 7.40. The van der Waals surface area contributed by atoms with Gasteiger partial charge in [-0.05, 0) is 67.8 Å². The van der Waals surface area contributed by atoms with Crippen molar-refractivity contribution < 1.29 is 4.42 Å². The van der Waals surface area contributed by atoms with Crippen LogP contribution in [0, 0.1) is 13.8 Å². The van der Waals surface area contributed by atoms with Crippen LogP contribution in [0.2, 0.25) is 5.02 Å². The summed E-state index contributed by atoms with van der Waals surface area (Å²) in [5.74, 6) is 1.49. The third kappa shape index (κ3) is 4.45. The number of benzene rings is 2. The fourth-order valence-electron chi connectivity index (χ4n) is 3.97. The molecule has 3 aromatic heterocycles. The molecule has 1 unspecified atom stereocenters. The van der Waals surface area contributed by atoms with E-state index in [-0.39, 0.29) is 6.04 Å². The Balaban J connectivity index is 1.43. The molecule has 0 spiro atoms. The highest BCUT2D eigenvalue weighted by Gasteiger charge is 2.12. The Bertz CT molecular complexity index is 1460. The van der Waals surface area contributed by atoms with Crippen LogP contribution in [0.25, 0.3) is 33.4 Å². The molecule has 0 fully saturated rings. The van der Waals surface area contributed by atoms with Crippen molar-refractivity contribution in [2.45, 2.75) is 26.8 Å². The SMILES string of the molecule is Cc1nc(NC(C)c2cccc(-c3cncc(Cl)c3)c2)cc(-c2ccc3occ(C)c3c2)n1. The van der Waals surface area contributed by atoms with Gasteiger partial charge in [0.05, 0.1) is 17.0 Å². The number of nitrogens with one attached hydrogen (secondary N) is 1. The van der Waals surface area contributed by atoms with Crippen LogP contribution in [0.1, 0.15) is 29.9 Å². The molecular formula is C27H23ClN4O. The summed E-state index contributed by atoms with van der Waals surface area (Å²) in [7, 11) is 0. The van der Waals surface area contributed by atoms with Gasteiger partial charge in [-0.25, -0.2) is 9.97 Å². The lowest BCUT2D eigenvalue weighted by molar-refractivity contribution is 0.613. The second kappa shape index (κ2) is 8.68. The van der Waals surface area contributed by atoms with E-state index >= 15 is 0 Å². The Hall–Kier alpha value is -3.70. The van der Waals surface area contributed by atoms with Crippen molar-refractivity contribution in [3.8, 4) is 22.4 Å². The Kier molecular flexibility index (Phi) is 5.56. The third-order valence-corrected chi connectivity index (χ3v) is 5.90. The van der Waals surface area contributed by atoms with Gasteiger partial charge in [-0.3, -0.25) is 4.98 Å². The van der Waals surface area contributed by atoms with Gasteiger partial charge in [0.25, 0.3) is 0 Å². The number of fused-ring (bicyclic) bond motifs is 1. The van der Waals surface area contributed by atoms with Gasteiger partial charge in [0, 0.05) is 41.0 Å². The molecule has 0 aliphatic carbocycles.